The molecule has 1 aliphatic heterocycles. The van der Waals surface area contributed by atoms with Crippen LogP contribution in [0.2, 0.25) is 0 Å². The van der Waals surface area contributed by atoms with E-state index in [1.54, 1.807) is 0 Å². The lowest BCUT2D eigenvalue weighted by Crippen LogP contribution is -2.36. The van der Waals surface area contributed by atoms with Crippen LogP contribution in [0.15, 0.2) is 41.3 Å². The highest BCUT2D eigenvalue weighted by Crippen LogP contribution is 2.32. The number of nitrogens with zero attached hydrogens (tertiary/aromatic N) is 6. The fourth-order valence-electron chi connectivity index (χ4n) is 3.71. The van der Waals surface area contributed by atoms with E-state index in [4.69, 9.17) is 9.72 Å². The van der Waals surface area contributed by atoms with Gasteiger partial charge in [-0.15, -0.1) is 0 Å². The van der Waals surface area contributed by atoms with Crippen LogP contribution in [-0.4, -0.2) is 51.0 Å². The van der Waals surface area contributed by atoms with Gasteiger partial charge in [-0.25, -0.2) is 15.0 Å². The third-order valence-electron chi connectivity index (χ3n) is 5.23. The van der Waals surface area contributed by atoms with Crippen LogP contribution in [-0.2, 0) is 4.74 Å². The van der Waals surface area contributed by atoms with Crippen molar-refractivity contribution in [3.63, 3.8) is 0 Å². The summed E-state index contributed by atoms with van der Waals surface area (Å²) in [6.07, 6.45) is 5.58. The van der Waals surface area contributed by atoms with Gasteiger partial charge in [0.25, 0.3) is 0 Å². The van der Waals surface area contributed by atoms with Crippen LogP contribution in [0.4, 0.5) is 17.5 Å². The molecule has 8 nitrogen and oxygen atoms in total. The second kappa shape index (κ2) is 7.81. The average molecular weight is 468 g/mol. The van der Waals surface area contributed by atoms with Crippen molar-refractivity contribution in [2.45, 2.75) is 19.9 Å². The number of nitrogens with one attached hydrogen (secondary N) is 1. The molecule has 1 N–H and O–H groups in total. The largest absolute Gasteiger partial charge is 0.378 e. The molecule has 1 fully saturated rings. The molecule has 5 rings (SSSR count). The Kier molecular flexibility index (Phi) is 5.00. The monoisotopic (exact) mass is 467 g/mol. The van der Waals surface area contributed by atoms with Crippen LogP contribution in [0, 0.1) is 0 Å². The van der Waals surface area contributed by atoms with E-state index < -0.39 is 0 Å². The number of ether oxygens (including phenoxy) is 1. The first-order valence-electron chi connectivity index (χ1n) is 9.98. The maximum absolute atomic E-state index is 5.41. The second-order valence-electron chi connectivity index (χ2n) is 7.56. The molecular weight excluding hydrogens is 446 g/mol. The molecule has 0 bridgehead atoms. The van der Waals surface area contributed by atoms with Crippen molar-refractivity contribution < 1.29 is 4.74 Å². The molecule has 0 radical (unpaired) electrons. The van der Waals surface area contributed by atoms with E-state index >= 15 is 0 Å². The van der Waals surface area contributed by atoms with Crippen LogP contribution >= 0.6 is 15.9 Å². The Morgan fingerprint density at radius 3 is 2.67 bits per heavy atom. The van der Waals surface area contributed by atoms with Gasteiger partial charge in [-0.3, -0.25) is 4.68 Å². The van der Waals surface area contributed by atoms with Gasteiger partial charge in [0.1, 0.15) is 11.3 Å². The lowest BCUT2D eigenvalue weighted by Gasteiger charge is -2.28. The molecule has 0 atom stereocenters. The maximum atomic E-state index is 5.41. The average Bonchev–Trinajstić information content (AvgIpc) is 3.22. The summed E-state index contributed by atoms with van der Waals surface area (Å²) >= 11 is 3.65. The minimum Gasteiger partial charge on any atom is -0.378 e. The highest BCUT2D eigenvalue weighted by molar-refractivity contribution is 9.10. The third kappa shape index (κ3) is 3.48. The molecule has 3 aromatic heterocycles. The number of hydrogen-bond donors (Lipinski definition) is 1. The van der Waals surface area contributed by atoms with Gasteiger partial charge in [0.2, 0.25) is 5.95 Å². The molecule has 0 amide bonds. The highest BCUT2D eigenvalue weighted by atomic mass is 79.9. The van der Waals surface area contributed by atoms with Gasteiger partial charge in [-0.05, 0) is 32.0 Å². The van der Waals surface area contributed by atoms with E-state index in [9.17, 15) is 0 Å². The van der Waals surface area contributed by atoms with Gasteiger partial charge in [-0.2, -0.15) is 5.10 Å². The van der Waals surface area contributed by atoms with Crippen molar-refractivity contribution in [3.05, 3.63) is 41.3 Å². The summed E-state index contributed by atoms with van der Waals surface area (Å²) in [7, 11) is 0. The van der Waals surface area contributed by atoms with E-state index in [2.05, 4.69) is 61.1 Å². The molecule has 0 aliphatic carbocycles. The molecule has 4 heterocycles. The first kappa shape index (κ1) is 19.2. The van der Waals surface area contributed by atoms with Crippen molar-refractivity contribution in [2.75, 3.05) is 36.5 Å². The van der Waals surface area contributed by atoms with E-state index in [1.165, 1.54) is 0 Å². The Balaban J connectivity index is 1.48. The number of anilines is 3. The van der Waals surface area contributed by atoms with Crippen LogP contribution < -0.4 is 10.2 Å². The third-order valence-corrected chi connectivity index (χ3v) is 5.89. The van der Waals surface area contributed by atoms with E-state index in [0.717, 1.165) is 58.3 Å². The fraction of sp³-hybridized carbons (Fsp3) is 0.333. The number of aromatic nitrogens is 5. The summed E-state index contributed by atoms with van der Waals surface area (Å²) in [5, 5.41) is 9.77. The normalized spacial score (nSPS) is 14.7. The zero-order valence-corrected chi connectivity index (χ0v) is 18.4. The minimum atomic E-state index is 0.223. The fourth-order valence-corrected chi connectivity index (χ4v) is 4.25. The van der Waals surface area contributed by atoms with E-state index in [1.807, 2.05) is 35.4 Å². The minimum absolute atomic E-state index is 0.223. The molecule has 4 aromatic rings. The number of pyridine rings is 1. The summed E-state index contributed by atoms with van der Waals surface area (Å²) in [6, 6.07) is 6.27. The van der Waals surface area contributed by atoms with Crippen molar-refractivity contribution in [1.82, 2.24) is 24.7 Å². The van der Waals surface area contributed by atoms with Gasteiger partial charge in [0.05, 0.1) is 36.8 Å². The molecule has 9 heteroatoms. The highest BCUT2D eigenvalue weighted by Gasteiger charge is 2.16. The first-order valence-corrected chi connectivity index (χ1v) is 10.8. The molecule has 154 valence electrons. The van der Waals surface area contributed by atoms with Crippen LogP contribution in [0.25, 0.3) is 21.8 Å². The van der Waals surface area contributed by atoms with Crippen LogP contribution in [0.1, 0.15) is 19.9 Å². The van der Waals surface area contributed by atoms with Gasteiger partial charge in [0.15, 0.2) is 0 Å². The molecule has 1 saturated heterocycles. The van der Waals surface area contributed by atoms with Crippen molar-refractivity contribution in [3.8, 4) is 0 Å². The second-order valence-corrected chi connectivity index (χ2v) is 8.42. The molecule has 1 aromatic carbocycles. The number of halogens is 1. The SMILES string of the molecule is CC(C)n1ncc2c(Br)cc3cnc(Nc4ccc(N5CCOCC5)cn4)nc3c21. The van der Waals surface area contributed by atoms with Gasteiger partial charge < -0.3 is 15.0 Å². The molecule has 30 heavy (non-hydrogen) atoms. The standard InChI is InChI=1S/C21H22BrN7O/c1-13(2)29-20-16(12-25-29)17(22)9-14-10-24-21(27-19(14)20)26-18-4-3-15(11-23-18)28-5-7-30-8-6-28/h3-4,9-13H,5-8H2,1-2H3,(H,23,24,26,27). The topological polar surface area (TPSA) is 81.0 Å². The summed E-state index contributed by atoms with van der Waals surface area (Å²) in [5.74, 6) is 1.21. The predicted octanol–water partition coefficient (Wildman–Crippen LogP) is 4.30. The van der Waals surface area contributed by atoms with Gasteiger partial charge in [0, 0.05) is 40.6 Å². The Labute approximate surface area is 182 Å². The number of hydrogen-bond acceptors (Lipinski definition) is 7. The quantitative estimate of drug-likeness (QED) is 0.479. The maximum Gasteiger partial charge on any atom is 0.228 e. The molecule has 0 saturated carbocycles. The number of fused-ring (bicyclic) bond motifs is 3. The lowest BCUT2D eigenvalue weighted by molar-refractivity contribution is 0.122. The molecule has 0 unspecified atom stereocenters. The van der Waals surface area contributed by atoms with Crippen molar-refractivity contribution in [2.24, 2.45) is 0 Å². The predicted molar refractivity (Wildman–Crippen MR) is 121 cm³/mol. The van der Waals surface area contributed by atoms with Crippen LogP contribution in [0.5, 0.6) is 0 Å². The molecule has 1 aliphatic rings. The van der Waals surface area contributed by atoms with Gasteiger partial charge in [-0.1, -0.05) is 15.9 Å². The summed E-state index contributed by atoms with van der Waals surface area (Å²) in [6.45, 7) is 7.50. The molecule has 0 spiro atoms. The van der Waals surface area contributed by atoms with Crippen LogP contribution in [0.3, 0.4) is 0 Å². The summed E-state index contributed by atoms with van der Waals surface area (Å²) in [5.41, 5.74) is 2.95. The van der Waals surface area contributed by atoms with E-state index in [0.29, 0.717) is 11.8 Å². The van der Waals surface area contributed by atoms with E-state index in [-0.39, 0.29) is 6.04 Å². The number of morpholine rings is 1. The Hall–Kier alpha value is -2.78. The zero-order valence-electron chi connectivity index (χ0n) is 16.8. The number of benzene rings is 1. The van der Waals surface area contributed by atoms with Gasteiger partial charge >= 0.3 is 0 Å². The van der Waals surface area contributed by atoms with Crippen molar-refractivity contribution >= 4 is 55.2 Å². The summed E-state index contributed by atoms with van der Waals surface area (Å²) < 4.78 is 8.40. The Morgan fingerprint density at radius 1 is 1.10 bits per heavy atom. The summed E-state index contributed by atoms with van der Waals surface area (Å²) in [4.78, 5) is 16.1. The zero-order chi connectivity index (χ0) is 20.7. The first-order chi connectivity index (χ1) is 14.6. The Bertz CT molecular complexity index is 1200. The smallest absolute Gasteiger partial charge is 0.228 e. The number of rotatable bonds is 4. The lowest BCUT2D eigenvalue weighted by atomic mass is 10.2. The molecular formula is C21H22BrN7O. The Morgan fingerprint density at radius 2 is 1.93 bits per heavy atom. The van der Waals surface area contributed by atoms with Crippen molar-refractivity contribution in [1.29, 1.82) is 0 Å².